The minimum absolute atomic E-state index is 0.00282. The van der Waals surface area contributed by atoms with Gasteiger partial charge in [-0.3, -0.25) is 0 Å². The first-order valence-electron chi connectivity index (χ1n) is 5.83. The van der Waals surface area contributed by atoms with Crippen molar-refractivity contribution < 1.29 is 24.2 Å². The molecule has 0 aliphatic rings. The fraction of sp³-hybridized carbons (Fsp3) is 0.286. The summed E-state index contributed by atoms with van der Waals surface area (Å²) in [6, 6.07) is 3.84. The van der Waals surface area contributed by atoms with Crippen LogP contribution in [-0.4, -0.2) is 23.7 Å². The molecule has 0 bridgehead atoms. The molecule has 0 heterocycles. The van der Waals surface area contributed by atoms with Gasteiger partial charge >= 0.3 is 11.9 Å². The lowest BCUT2D eigenvalue weighted by atomic mass is 10.2. The van der Waals surface area contributed by atoms with Gasteiger partial charge in [0, 0.05) is 5.57 Å². The first-order valence-corrected chi connectivity index (χ1v) is 5.83. The fourth-order valence-electron chi connectivity index (χ4n) is 1.23. The van der Waals surface area contributed by atoms with E-state index < -0.39 is 11.9 Å². The van der Waals surface area contributed by atoms with E-state index in [0.717, 1.165) is 0 Å². The van der Waals surface area contributed by atoms with E-state index in [0.29, 0.717) is 6.42 Å². The van der Waals surface area contributed by atoms with Gasteiger partial charge in [-0.05, 0) is 31.5 Å². The van der Waals surface area contributed by atoms with Crippen LogP contribution in [0.5, 0.6) is 11.5 Å². The summed E-state index contributed by atoms with van der Waals surface area (Å²) in [6.07, 6.45) is 0.672. The van der Waals surface area contributed by atoms with Gasteiger partial charge in [-0.15, -0.1) is 0 Å². The number of rotatable bonds is 5. The zero-order valence-corrected chi connectivity index (χ0v) is 10.9. The van der Waals surface area contributed by atoms with Crippen molar-refractivity contribution in [3.8, 4) is 11.5 Å². The molecule has 102 valence electrons. The Bertz CT molecular complexity index is 505. The molecular formula is C14H16O5. The van der Waals surface area contributed by atoms with Crippen molar-refractivity contribution in [1.29, 1.82) is 0 Å². The zero-order chi connectivity index (χ0) is 14.4. The van der Waals surface area contributed by atoms with E-state index >= 15 is 0 Å². The normalized spacial score (nSPS) is 9.79. The molecule has 0 aromatic heterocycles. The van der Waals surface area contributed by atoms with Gasteiger partial charge in [0.2, 0.25) is 0 Å². The van der Waals surface area contributed by atoms with Crippen LogP contribution in [0.2, 0.25) is 0 Å². The van der Waals surface area contributed by atoms with Gasteiger partial charge in [0.25, 0.3) is 0 Å². The average Bonchev–Trinajstić information content (AvgIpc) is 2.37. The fourth-order valence-corrected chi connectivity index (χ4v) is 1.23. The van der Waals surface area contributed by atoms with Crippen LogP contribution in [-0.2, 0) is 9.53 Å². The summed E-state index contributed by atoms with van der Waals surface area (Å²) in [5.41, 5.74) is 0.212. The molecule has 5 nitrogen and oxygen atoms in total. The molecule has 5 heteroatoms. The van der Waals surface area contributed by atoms with Crippen molar-refractivity contribution in [2.24, 2.45) is 0 Å². The molecule has 1 aromatic rings. The van der Waals surface area contributed by atoms with Gasteiger partial charge in [0.1, 0.15) is 17.1 Å². The Morgan fingerprint density at radius 1 is 1.37 bits per heavy atom. The number of phenols is 1. The molecule has 0 radical (unpaired) electrons. The van der Waals surface area contributed by atoms with Crippen LogP contribution in [0.15, 0.2) is 30.4 Å². The van der Waals surface area contributed by atoms with Crippen molar-refractivity contribution >= 4 is 11.9 Å². The Labute approximate surface area is 111 Å². The standard InChI is InChI=1S/C14H16O5/c1-4-7-18-14(17)11-8-10(15)5-6-12(11)19-13(16)9(2)3/h5-6,8,15H,2,4,7H2,1,3H3. The first kappa shape index (κ1) is 14.8. The first-order chi connectivity index (χ1) is 8.95. The Hall–Kier alpha value is -2.30. The van der Waals surface area contributed by atoms with Gasteiger partial charge in [-0.1, -0.05) is 13.5 Å². The van der Waals surface area contributed by atoms with Gasteiger partial charge in [-0.25, -0.2) is 9.59 Å². The van der Waals surface area contributed by atoms with Crippen LogP contribution in [0.1, 0.15) is 30.6 Å². The van der Waals surface area contributed by atoms with Gasteiger partial charge < -0.3 is 14.6 Å². The monoisotopic (exact) mass is 264 g/mol. The van der Waals surface area contributed by atoms with E-state index in [4.69, 9.17) is 9.47 Å². The number of phenolic OH excluding ortho intramolecular Hbond substituents is 1. The lowest BCUT2D eigenvalue weighted by molar-refractivity contribution is -0.130. The molecule has 1 aromatic carbocycles. The molecule has 0 spiro atoms. The van der Waals surface area contributed by atoms with Crippen LogP contribution >= 0.6 is 0 Å². The summed E-state index contributed by atoms with van der Waals surface area (Å²) >= 11 is 0. The molecule has 0 aliphatic carbocycles. The molecular weight excluding hydrogens is 248 g/mol. The van der Waals surface area contributed by atoms with E-state index in [-0.39, 0.29) is 29.2 Å². The molecule has 0 fully saturated rings. The number of carbonyl (C=O) groups is 2. The highest BCUT2D eigenvalue weighted by Gasteiger charge is 2.17. The second kappa shape index (κ2) is 6.58. The van der Waals surface area contributed by atoms with Crippen molar-refractivity contribution in [3.63, 3.8) is 0 Å². The van der Waals surface area contributed by atoms with E-state index in [9.17, 15) is 14.7 Å². The molecule has 0 unspecified atom stereocenters. The maximum absolute atomic E-state index is 11.8. The molecule has 0 atom stereocenters. The quantitative estimate of drug-likeness (QED) is 0.502. The third-order valence-corrected chi connectivity index (χ3v) is 2.17. The number of benzene rings is 1. The van der Waals surface area contributed by atoms with E-state index in [2.05, 4.69) is 6.58 Å². The summed E-state index contributed by atoms with van der Waals surface area (Å²) in [7, 11) is 0. The lowest BCUT2D eigenvalue weighted by Crippen LogP contribution is -2.13. The van der Waals surface area contributed by atoms with E-state index in [1.54, 1.807) is 0 Å². The third kappa shape index (κ3) is 4.13. The number of carbonyl (C=O) groups excluding carboxylic acids is 2. The predicted octanol–water partition coefficient (Wildman–Crippen LogP) is 2.44. The number of hydrogen-bond donors (Lipinski definition) is 1. The topological polar surface area (TPSA) is 72.8 Å². The summed E-state index contributed by atoms with van der Waals surface area (Å²) < 4.78 is 9.96. The number of esters is 2. The smallest absolute Gasteiger partial charge is 0.342 e. The Kier molecular flexibility index (Phi) is 5.11. The average molecular weight is 264 g/mol. The van der Waals surface area contributed by atoms with Gasteiger partial charge in [0.05, 0.1) is 6.61 Å². The third-order valence-electron chi connectivity index (χ3n) is 2.17. The second-order valence-electron chi connectivity index (χ2n) is 3.99. The molecule has 0 amide bonds. The van der Waals surface area contributed by atoms with Crippen molar-refractivity contribution in [2.75, 3.05) is 6.61 Å². The molecule has 1 N–H and O–H groups in total. The minimum atomic E-state index is -0.651. The highest BCUT2D eigenvalue weighted by molar-refractivity contribution is 5.95. The minimum Gasteiger partial charge on any atom is -0.508 e. The SMILES string of the molecule is C=C(C)C(=O)Oc1ccc(O)cc1C(=O)OCCC. The van der Waals surface area contributed by atoms with Crippen molar-refractivity contribution in [3.05, 3.63) is 35.9 Å². The molecule has 0 saturated carbocycles. The van der Waals surface area contributed by atoms with Crippen LogP contribution in [0.3, 0.4) is 0 Å². The second-order valence-corrected chi connectivity index (χ2v) is 3.99. The maximum atomic E-state index is 11.8. The van der Waals surface area contributed by atoms with Crippen LogP contribution in [0, 0.1) is 0 Å². The molecule has 1 rings (SSSR count). The summed E-state index contributed by atoms with van der Waals surface area (Å²) in [5, 5.41) is 9.39. The van der Waals surface area contributed by atoms with Crippen LogP contribution < -0.4 is 4.74 Å². The maximum Gasteiger partial charge on any atom is 0.342 e. The van der Waals surface area contributed by atoms with Gasteiger partial charge in [-0.2, -0.15) is 0 Å². The zero-order valence-electron chi connectivity index (χ0n) is 10.9. The summed E-state index contributed by atoms with van der Waals surface area (Å²) in [4.78, 5) is 23.2. The molecule has 0 saturated heterocycles. The van der Waals surface area contributed by atoms with Crippen molar-refractivity contribution in [1.82, 2.24) is 0 Å². The van der Waals surface area contributed by atoms with E-state index in [1.807, 2.05) is 6.92 Å². The van der Waals surface area contributed by atoms with Crippen LogP contribution in [0.4, 0.5) is 0 Å². The number of hydrogen-bond acceptors (Lipinski definition) is 5. The highest BCUT2D eigenvalue weighted by Crippen LogP contribution is 2.25. The Morgan fingerprint density at radius 2 is 2.05 bits per heavy atom. The Morgan fingerprint density at radius 3 is 2.63 bits per heavy atom. The predicted molar refractivity (Wildman–Crippen MR) is 69.1 cm³/mol. The number of ether oxygens (including phenoxy) is 2. The number of aromatic hydroxyl groups is 1. The molecule has 0 aliphatic heterocycles. The molecule has 19 heavy (non-hydrogen) atoms. The van der Waals surface area contributed by atoms with Crippen LogP contribution in [0.25, 0.3) is 0 Å². The van der Waals surface area contributed by atoms with E-state index in [1.165, 1.54) is 25.1 Å². The van der Waals surface area contributed by atoms with Crippen molar-refractivity contribution in [2.45, 2.75) is 20.3 Å². The largest absolute Gasteiger partial charge is 0.508 e. The highest BCUT2D eigenvalue weighted by atomic mass is 16.5. The lowest BCUT2D eigenvalue weighted by Gasteiger charge is -2.10. The summed E-state index contributed by atoms with van der Waals surface area (Å²) in [6.45, 7) is 7.06. The summed E-state index contributed by atoms with van der Waals surface area (Å²) in [5.74, 6) is -1.37. The van der Waals surface area contributed by atoms with Gasteiger partial charge in [0.15, 0.2) is 0 Å². The Balaban J connectivity index is 3.00.